The summed E-state index contributed by atoms with van der Waals surface area (Å²) in [6.45, 7) is 7.57. The Labute approximate surface area is 124 Å². The first-order chi connectivity index (χ1) is 10.0. The summed E-state index contributed by atoms with van der Waals surface area (Å²) in [6.07, 6.45) is 0. The summed E-state index contributed by atoms with van der Waals surface area (Å²) in [6, 6.07) is 6.92. The van der Waals surface area contributed by atoms with Crippen LogP contribution < -0.4 is 4.74 Å². The number of methoxy groups -OCH3 is 1. The smallest absolute Gasteiger partial charge is 0.324 e. The lowest BCUT2D eigenvalue weighted by Gasteiger charge is -2.17. The van der Waals surface area contributed by atoms with E-state index in [2.05, 4.69) is 6.58 Å². The average molecular weight is 292 g/mol. The Balaban J connectivity index is 3.02. The van der Waals surface area contributed by atoms with Crippen LogP contribution >= 0.6 is 0 Å². The third-order valence-electron chi connectivity index (χ3n) is 2.85. The predicted octanol–water partition coefficient (Wildman–Crippen LogP) is 2.45. The minimum Gasteiger partial charge on any atom is -0.497 e. The Hall–Kier alpha value is -2.30. The van der Waals surface area contributed by atoms with Crippen molar-refractivity contribution in [3.63, 3.8) is 0 Å². The second-order valence-corrected chi connectivity index (χ2v) is 4.19. The molecule has 0 aliphatic carbocycles. The molecule has 5 heteroatoms. The quantitative estimate of drug-likeness (QED) is 0.570. The molecule has 0 atom stereocenters. The highest BCUT2D eigenvalue weighted by molar-refractivity contribution is 6.06. The van der Waals surface area contributed by atoms with Crippen molar-refractivity contribution < 1.29 is 23.8 Å². The van der Waals surface area contributed by atoms with Gasteiger partial charge in [0.1, 0.15) is 5.75 Å². The molecule has 1 rings (SSSR count). The fraction of sp³-hybridized carbons (Fsp3) is 0.375. The van der Waals surface area contributed by atoms with Crippen LogP contribution in [0, 0.1) is 5.92 Å². The first-order valence-electron chi connectivity index (χ1n) is 6.71. The van der Waals surface area contributed by atoms with E-state index in [1.54, 1.807) is 45.2 Å². The third kappa shape index (κ3) is 4.34. The molecule has 1 aromatic rings. The number of ether oxygens (including phenoxy) is 3. The van der Waals surface area contributed by atoms with E-state index in [4.69, 9.17) is 14.2 Å². The number of carbonyl (C=O) groups excluding carboxylic acids is 2. The summed E-state index contributed by atoms with van der Waals surface area (Å²) in [7, 11) is 1.56. The summed E-state index contributed by atoms with van der Waals surface area (Å²) in [5.41, 5.74) is 0.997. The molecule has 114 valence electrons. The molecule has 0 fully saturated rings. The zero-order chi connectivity index (χ0) is 15.8. The van der Waals surface area contributed by atoms with Crippen molar-refractivity contribution in [3.8, 4) is 5.75 Å². The Kier molecular flexibility index (Phi) is 6.46. The van der Waals surface area contributed by atoms with Gasteiger partial charge in [-0.15, -0.1) is 0 Å². The molecular weight excluding hydrogens is 272 g/mol. The summed E-state index contributed by atoms with van der Waals surface area (Å²) in [5.74, 6) is -1.79. The maximum atomic E-state index is 12.0. The Morgan fingerprint density at radius 2 is 1.52 bits per heavy atom. The van der Waals surface area contributed by atoms with Gasteiger partial charge >= 0.3 is 11.9 Å². The Morgan fingerprint density at radius 3 is 1.90 bits per heavy atom. The van der Waals surface area contributed by atoms with Gasteiger partial charge in [-0.25, -0.2) is 0 Å². The van der Waals surface area contributed by atoms with Crippen molar-refractivity contribution >= 4 is 17.5 Å². The van der Waals surface area contributed by atoms with Gasteiger partial charge in [0.2, 0.25) is 0 Å². The Bertz CT molecular complexity index is 486. The Morgan fingerprint density at radius 1 is 1.05 bits per heavy atom. The molecule has 0 radical (unpaired) electrons. The number of benzene rings is 1. The third-order valence-corrected chi connectivity index (χ3v) is 2.85. The molecule has 0 unspecified atom stereocenters. The summed E-state index contributed by atoms with van der Waals surface area (Å²) >= 11 is 0. The summed E-state index contributed by atoms with van der Waals surface area (Å²) in [4.78, 5) is 24.0. The van der Waals surface area contributed by atoms with Crippen LogP contribution in [0.2, 0.25) is 0 Å². The van der Waals surface area contributed by atoms with Gasteiger partial charge in [0.15, 0.2) is 5.92 Å². The molecule has 0 spiro atoms. The van der Waals surface area contributed by atoms with Crippen LogP contribution in [-0.2, 0) is 19.1 Å². The number of rotatable bonds is 7. The normalized spacial score (nSPS) is 10.1. The molecule has 0 aliphatic heterocycles. The number of hydrogen-bond acceptors (Lipinski definition) is 5. The van der Waals surface area contributed by atoms with Gasteiger partial charge in [0, 0.05) is 0 Å². The van der Waals surface area contributed by atoms with Crippen molar-refractivity contribution in [3.05, 3.63) is 36.4 Å². The maximum Gasteiger partial charge on any atom is 0.324 e. The highest BCUT2D eigenvalue weighted by Crippen LogP contribution is 2.26. The maximum absolute atomic E-state index is 12.0. The van der Waals surface area contributed by atoms with E-state index in [0.29, 0.717) is 16.9 Å². The first-order valence-corrected chi connectivity index (χ1v) is 6.71. The monoisotopic (exact) mass is 292 g/mol. The van der Waals surface area contributed by atoms with Crippen LogP contribution in [0.15, 0.2) is 30.8 Å². The van der Waals surface area contributed by atoms with Gasteiger partial charge in [-0.05, 0) is 37.1 Å². The van der Waals surface area contributed by atoms with Crippen LogP contribution in [0.5, 0.6) is 5.75 Å². The molecule has 0 aliphatic rings. The minimum absolute atomic E-state index is 0.185. The van der Waals surface area contributed by atoms with E-state index < -0.39 is 17.9 Å². The van der Waals surface area contributed by atoms with Gasteiger partial charge in [-0.2, -0.15) is 0 Å². The van der Waals surface area contributed by atoms with Crippen molar-refractivity contribution in [2.45, 2.75) is 13.8 Å². The number of hydrogen-bond donors (Lipinski definition) is 0. The van der Waals surface area contributed by atoms with Gasteiger partial charge < -0.3 is 14.2 Å². The van der Waals surface area contributed by atoms with Gasteiger partial charge in [-0.1, -0.05) is 18.7 Å². The fourth-order valence-corrected chi connectivity index (χ4v) is 1.80. The predicted molar refractivity (Wildman–Crippen MR) is 78.8 cm³/mol. The second kappa shape index (κ2) is 8.09. The van der Waals surface area contributed by atoms with Gasteiger partial charge in [0.05, 0.1) is 20.3 Å². The molecular formula is C16H20O5. The molecule has 0 aromatic heterocycles. The SMILES string of the molecule is C=C(c1ccc(OC)cc1)C(C(=O)OCC)C(=O)OCC. The summed E-state index contributed by atoms with van der Waals surface area (Å²) < 4.78 is 14.9. The molecule has 5 nitrogen and oxygen atoms in total. The van der Waals surface area contributed by atoms with E-state index >= 15 is 0 Å². The van der Waals surface area contributed by atoms with Crippen LogP contribution in [-0.4, -0.2) is 32.3 Å². The van der Waals surface area contributed by atoms with E-state index in [0.717, 1.165) is 0 Å². The molecule has 0 N–H and O–H groups in total. The lowest BCUT2D eigenvalue weighted by molar-refractivity contribution is -0.158. The molecule has 0 amide bonds. The second-order valence-electron chi connectivity index (χ2n) is 4.19. The molecule has 1 aromatic carbocycles. The topological polar surface area (TPSA) is 61.8 Å². The van der Waals surface area contributed by atoms with E-state index in [-0.39, 0.29) is 13.2 Å². The lowest BCUT2D eigenvalue weighted by atomic mass is 9.94. The van der Waals surface area contributed by atoms with Crippen molar-refractivity contribution in [2.75, 3.05) is 20.3 Å². The van der Waals surface area contributed by atoms with E-state index in [1.165, 1.54) is 0 Å². The highest BCUT2D eigenvalue weighted by atomic mass is 16.6. The van der Waals surface area contributed by atoms with Gasteiger partial charge in [-0.3, -0.25) is 9.59 Å². The molecule has 0 heterocycles. The van der Waals surface area contributed by atoms with Crippen LogP contribution in [0.1, 0.15) is 19.4 Å². The number of esters is 2. The van der Waals surface area contributed by atoms with Crippen LogP contribution in [0.3, 0.4) is 0 Å². The lowest BCUT2D eigenvalue weighted by Crippen LogP contribution is -2.29. The molecule has 21 heavy (non-hydrogen) atoms. The zero-order valence-electron chi connectivity index (χ0n) is 12.5. The zero-order valence-corrected chi connectivity index (χ0v) is 12.5. The van der Waals surface area contributed by atoms with Crippen molar-refractivity contribution in [1.82, 2.24) is 0 Å². The van der Waals surface area contributed by atoms with Crippen LogP contribution in [0.25, 0.3) is 5.57 Å². The molecule has 0 saturated heterocycles. The minimum atomic E-state index is -1.15. The highest BCUT2D eigenvalue weighted by Gasteiger charge is 2.32. The van der Waals surface area contributed by atoms with Crippen LogP contribution in [0.4, 0.5) is 0 Å². The van der Waals surface area contributed by atoms with Crippen molar-refractivity contribution in [1.29, 1.82) is 0 Å². The number of carbonyl (C=O) groups is 2. The molecule has 0 saturated carbocycles. The van der Waals surface area contributed by atoms with E-state index in [9.17, 15) is 9.59 Å². The fourth-order valence-electron chi connectivity index (χ4n) is 1.80. The average Bonchev–Trinajstić information content (AvgIpc) is 2.48. The first kappa shape index (κ1) is 16.8. The summed E-state index contributed by atoms with van der Waals surface area (Å²) in [5, 5.41) is 0. The molecule has 0 bridgehead atoms. The van der Waals surface area contributed by atoms with E-state index in [1.807, 2.05) is 0 Å². The van der Waals surface area contributed by atoms with Crippen molar-refractivity contribution in [2.24, 2.45) is 5.92 Å². The largest absolute Gasteiger partial charge is 0.497 e. The van der Waals surface area contributed by atoms with Gasteiger partial charge in [0.25, 0.3) is 0 Å². The standard InChI is InChI=1S/C16H20O5/c1-5-20-15(17)14(16(18)21-6-2)11(3)12-7-9-13(19-4)10-8-12/h7-10,14H,3,5-6H2,1-2,4H3.